The van der Waals surface area contributed by atoms with E-state index in [0.29, 0.717) is 24.7 Å². The van der Waals surface area contributed by atoms with Crippen molar-refractivity contribution >= 4 is 11.9 Å². The van der Waals surface area contributed by atoms with Crippen molar-refractivity contribution in [3.05, 3.63) is 47.5 Å². The summed E-state index contributed by atoms with van der Waals surface area (Å²) in [6.45, 7) is 3.38. The van der Waals surface area contributed by atoms with Gasteiger partial charge in [0.2, 0.25) is 0 Å². The Hall–Kier alpha value is -2.30. The smallest absolute Gasteiger partial charge is 0.251 e. The monoisotopic (exact) mass is 314 g/mol. The number of nitrogens with one attached hydrogen (secondary N) is 3. The lowest BCUT2D eigenvalue weighted by Crippen LogP contribution is -2.42. The SMILES string of the molecule is CCCNC(=O)c1cccc(CNC(=NC)NC2CC=CC2)c1. The van der Waals surface area contributed by atoms with Crippen LogP contribution in [0.2, 0.25) is 0 Å². The molecule has 1 aromatic carbocycles. The largest absolute Gasteiger partial charge is 0.353 e. The second kappa shape index (κ2) is 8.98. The summed E-state index contributed by atoms with van der Waals surface area (Å²) >= 11 is 0. The van der Waals surface area contributed by atoms with Crippen molar-refractivity contribution in [1.29, 1.82) is 0 Å². The van der Waals surface area contributed by atoms with E-state index in [1.165, 1.54) is 0 Å². The summed E-state index contributed by atoms with van der Waals surface area (Å²) in [6.07, 6.45) is 7.37. The molecule has 1 aliphatic carbocycles. The molecular formula is C18H26N4O. The average Bonchev–Trinajstić information content (AvgIpc) is 3.09. The van der Waals surface area contributed by atoms with Gasteiger partial charge in [-0.1, -0.05) is 31.2 Å². The van der Waals surface area contributed by atoms with E-state index in [1.54, 1.807) is 7.05 Å². The van der Waals surface area contributed by atoms with Crippen LogP contribution in [0.25, 0.3) is 0 Å². The van der Waals surface area contributed by atoms with E-state index in [-0.39, 0.29) is 5.91 Å². The van der Waals surface area contributed by atoms with Crippen LogP contribution in [0, 0.1) is 0 Å². The van der Waals surface area contributed by atoms with E-state index >= 15 is 0 Å². The molecule has 0 atom stereocenters. The molecule has 1 aliphatic rings. The van der Waals surface area contributed by atoms with Crippen LogP contribution in [0.4, 0.5) is 0 Å². The number of hydrogen-bond donors (Lipinski definition) is 3. The van der Waals surface area contributed by atoms with Crippen LogP contribution in [0.5, 0.6) is 0 Å². The van der Waals surface area contributed by atoms with Crippen molar-refractivity contribution in [3.63, 3.8) is 0 Å². The zero-order chi connectivity index (χ0) is 16.5. The van der Waals surface area contributed by atoms with Crippen LogP contribution in [0.15, 0.2) is 41.4 Å². The number of amides is 1. The first kappa shape index (κ1) is 17.1. The lowest BCUT2D eigenvalue weighted by Gasteiger charge is -2.17. The third-order valence-electron chi connectivity index (χ3n) is 3.76. The maximum Gasteiger partial charge on any atom is 0.251 e. The van der Waals surface area contributed by atoms with Gasteiger partial charge in [0.15, 0.2) is 5.96 Å². The summed E-state index contributed by atoms with van der Waals surface area (Å²) in [7, 11) is 1.77. The van der Waals surface area contributed by atoms with Gasteiger partial charge in [-0.15, -0.1) is 0 Å². The molecule has 0 saturated carbocycles. The number of guanidine groups is 1. The maximum atomic E-state index is 12.0. The molecule has 1 aromatic rings. The van der Waals surface area contributed by atoms with E-state index in [0.717, 1.165) is 30.8 Å². The van der Waals surface area contributed by atoms with Crippen LogP contribution < -0.4 is 16.0 Å². The summed E-state index contributed by atoms with van der Waals surface area (Å²) in [6, 6.07) is 8.10. The molecule has 0 unspecified atom stereocenters. The van der Waals surface area contributed by atoms with Gasteiger partial charge in [0, 0.05) is 31.7 Å². The van der Waals surface area contributed by atoms with Crippen LogP contribution in [-0.4, -0.2) is 31.5 Å². The van der Waals surface area contributed by atoms with Crippen molar-refractivity contribution in [3.8, 4) is 0 Å². The zero-order valence-corrected chi connectivity index (χ0v) is 13.9. The minimum atomic E-state index is -0.0202. The minimum absolute atomic E-state index is 0.0202. The molecule has 0 aliphatic heterocycles. The summed E-state index contributed by atoms with van der Waals surface area (Å²) in [4.78, 5) is 16.3. The van der Waals surface area contributed by atoms with Crippen LogP contribution in [0.1, 0.15) is 42.1 Å². The predicted octanol–water partition coefficient (Wildman–Crippen LogP) is 2.21. The Labute approximate surface area is 138 Å². The number of rotatable bonds is 6. The molecule has 23 heavy (non-hydrogen) atoms. The topological polar surface area (TPSA) is 65.5 Å². The Morgan fingerprint density at radius 3 is 2.74 bits per heavy atom. The lowest BCUT2D eigenvalue weighted by atomic mass is 10.1. The number of aliphatic imine (C=N–C) groups is 1. The van der Waals surface area contributed by atoms with Crippen molar-refractivity contribution in [2.45, 2.75) is 38.8 Å². The number of hydrogen-bond acceptors (Lipinski definition) is 2. The molecule has 0 bridgehead atoms. The fraction of sp³-hybridized carbons (Fsp3) is 0.444. The number of carbonyl (C=O) groups excluding carboxylic acids is 1. The average molecular weight is 314 g/mol. The summed E-state index contributed by atoms with van der Waals surface area (Å²) < 4.78 is 0. The molecule has 0 spiro atoms. The second-order valence-electron chi connectivity index (χ2n) is 5.67. The quantitative estimate of drug-likeness (QED) is 0.428. The number of nitrogens with zero attached hydrogens (tertiary/aromatic N) is 1. The molecule has 1 amide bonds. The number of benzene rings is 1. The first-order chi connectivity index (χ1) is 11.2. The highest BCUT2D eigenvalue weighted by molar-refractivity contribution is 5.94. The lowest BCUT2D eigenvalue weighted by molar-refractivity contribution is 0.0953. The standard InChI is InChI=1S/C18H26N4O/c1-3-11-20-17(23)15-8-6-7-14(12-15)13-21-18(19-2)22-16-9-4-5-10-16/h4-8,12,16H,3,9-11,13H2,1-2H3,(H,20,23)(H2,19,21,22). The highest BCUT2D eigenvalue weighted by atomic mass is 16.1. The maximum absolute atomic E-state index is 12.0. The van der Waals surface area contributed by atoms with Gasteiger partial charge in [-0.05, 0) is 37.0 Å². The molecule has 0 radical (unpaired) electrons. The van der Waals surface area contributed by atoms with Gasteiger partial charge >= 0.3 is 0 Å². The molecule has 3 N–H and O–H groups in total. The number of carbonyl (C=O) groups is 1. The molecule has 2 rings (SSSR count). The van der Waals surface area contributed by atoms with E-state index in [4.69, 9.17) is 0 Å². The van der Waals surface area contributed by atoms with E-state index in [1.807, 2.05) is 31.2 Å². The molecule has 0 aromatic heterocycles. The van der Waals surface area contributed by atoms with Crippen molar-refractivity contribution in [2.24, 2.45) is 4.99 Å². The van der Waals surface area contributed by atoms with E-state index in [9.17, 15) is 4.79 Å². The molecule has 124 valence electrons. The predicted molar refractivity (Wildman–Crippen MR) is 94.6 cm³/mol. The van der Waals surface area contributed by atoms with E-state index < -0.39 is 0 Å². The zero-order valence-electron chi connectivity index (χ0n) is 13.9. The van der Waals surface area contributed by atoms with E-state index in [2.05, 4.69) is 33.1 Å². The van der Waals surface area contributed by atoms with Crippen molar-refractivity contribution < 1.29 is 4.79 Å². The third-order valence-corrected chi connectivity index (χ3v) is 3.76. The first-order valence-electron chi connectivity index (χ1n) is 8.22. The highest BCUT2D eigenvalue weighted by Gasteiger charge is 2.11. The Morgan fingerprint density at radius 2 is 2.04 bits per heavy atom. The van der Waals surface area contributed by atoms with Crippen LogP contribution in [0.3, 0.4) is 0 Å². The fourth-order valence-corrected chi connectivity index (χ4v) is 2.47. The van der Waals surface area contributed by atoms with Crippen LogP contribution in [-0.2, 0) is 6.54 Å². The highest BCUT2D eigenvalue weighted by Crippen LogP contribution is 2.09. The van der Waals surface area contributed by atoms with Gasteiger partial charge in [0.05, 0.1) is 0 Å². The Bertz CT molecular complexity index is 572. The van der Waals surface area contributed by atoms with Gasteiger partial charge in [0.1, 0.15) is 0 Å². The molecular weight excluding hydrogens is 288 g/mol. The van der Waals surface area contributed by atoms with Gasteiger partial charge in [-0.25, -0.2) is 0 Å². The van der Waals surface area contributed by atoms with Gasteiger partial charge in [-0.3, -0.25) is 9.79 Å². The normalized spacial score (nSPS) is 14.8. The molecule has 5 heteroatoms. The van der Waals surface area contributed by atoms with Gasteiger partial charge < -0.3 is 16.0 Å². The Balaban J connectivity index is 1.88. The second-order valence-corrected chi connectivity index (χ2v) is 5.67. The molecule has 0 fully saturated rings. The third kappa shape index (κ3) is 5.43. The summed E-state index contributed by atoms with van der Waals surface area (Å²) in [5.41, 5.74) is 1.75. The van der Waals surface area contributed by atoms with Gasteiger partial charge in [-0.2, -0.15) is 0 Å². The fourth-order valence-electron chi connectivity index (χ4n) is 2.47. The Morgan fingerprint density at radius 1 is 1.26 bits per heavy atom. The molecule has 0 saturated heterocycles. The van der Waals surface area contributed by atoms with Crippen LogP contribution >= 0.6 is 0 Å². The summed E-state index contributed by atoms with van der Waals surface area (Å²) in [5.74, 6) is 0.771. The molecule has 0 heterocycles. The summed E-state index contributed by atoms with van der Waals surface area (Å²) in [5, 5.41) is 9.60. The minimum Gasteiger partial charge on any atom is -0.353 e. The van der Waals surface area contributed by atoms with Crippen molar-refractivity contribution in [2.75, 3.05) is 13.6 Å². The molecule has 5 nitrogen and oxygen atoms in total. The van der Waals surface area contributed by atoms with Gasteiger partial charge in [0.25, 0.3) is 5.91 Å². The first-order valence-corrected chi connectivity index (χ1v) is 8.22. The van der Waals surface area contributed by atoms with Crippen molar-refractivity contribution in [1.82, 2.24) is 16.0 Å². The Kier molecular flexibility index (Phi) is 6.66.